The van der Waals surface area contributed by atoms with Gasteiger partial charge in [-0.05, 0) is 103 Å². The SMILES string of the molecule is C[C@H](CCC(=O)O)[C@H]1CC[C@H]2[C@@H]3[C@H](O)C[C@@H]4CC(N=[N+]=[N-])CC[C@]4(C)[C@H]3C[C@H](O)[C@]12C. The first kappa shape index (κ1) is 22.9. The minimum atomic E-state index is -0.756. The van der Waals surface area contributed by atoms with Gasteiger partial charge in [0.25, 0.3) is 0 Å². The molecule has 1 unspecified atom stereocenters. The highest BCUT2D eigenvalue weighted by Gasteiger charge is 2.65. The first-order valence-corrected chi connectivity index (χ1v) is 12.2. The van der Waals surface area contributed by atoms with E-state index in [0.29, 0.717) is 18.3 Å². The number of nitrogens with zero attached hydrogens (tertiary/aromatic N) is 3. The van der Waals surface area contributed by atoms with E-state index < -0.39 is 12.1 Å². The van der Waals surface area contributed by atoms with Crippen molar-refractivity contribution in [2.75, 3.05) is 0 Å². The number of carboxylic acids is 1. The molecule has 174 valence electrons. The topological polar surface area (TPSA) is 127 Å². The van der Waals surface area contributed by atoms with Gasteiger partial charge in [0.15, 0.2) is 0 Å². The van der Waals surface area contributed by atoms with Crippen LogP contribution in [0.4, 0.5) is 0 Å². The summed E-state index contributed by atoms with van der Waals surface area (Å²) in [6.45, 7) is 6.71. The third-order valence-corrected chi connectivity index (χ3v) is 10.5. The maximum Gasteiger partial charge on any atom is 0.303 e. The molecule has 0 aliphatic heterocycles. The Morgan fingerprint density at radius 1 is 1.16 bits per heavy atom. The fourth-order valence-electron chi connectivity index (χ4n) is 8.86. The van der Waals surface area contributed by atoms with Crippen molar-refractivity contribution in [3.05, 3.63) is 10.4 Å². The minimum absolute atomic E-state index is 0.0246. The Bertz CT molecular complexity index is 755. The number of hydrogen-bond donors (Lipinski definition) is 3. The van der Waals surface area contributed by atoms with E-state index in [4.69, 9.17) is 10.6 Å². The van der Waals surface area contributed by atoms with Gasteiger partial charge in [-0.25, -0.2) is 0 Å². The Morgan fingerprint density at radius 3 is 2.58 bits per heavy atom. The molecule has 4 saturated carbocycles. The molecule has 4 fully saturated rings. The Hall–Kier alpha value is -1.30. The molecule has 0 spiro atoms. The van der Waals surface area contributed by atoms with Crippen molar-refractivity contribution in [1.29, 1.82) is 0 Å². The number of aliphatic hydroxyl groups is 2. The normalized spacial score (nSPS) is 49.8. The Balaban J connectivity index is 1.59. The Morgan fingerprint density at radius 2 is 1.90 bits per heavy atom. The number of carbonyl (C=O) groups is 1. The van der Waals surface area contributed by atoms with Gasteiger partial charge in [0.2, 0.25) is 0 Å². The number of rotatable bonds is 5. The lowest BCUT2D eigenvalue weighted by Gasteiger charge is -2.63. The van der Waals surface area contributed by atoms with Gasteiger partial charge < -0.3 is 15.3 Å². The molecule has 0 bridgehead atoms. The second kappa shape index (κ2) is 8.24. The molecule has 3 N–H and O–H groups in total. The van der Waals surface area contributed by atoms with Crippen LogP contribution in [0.2, 0.25) is 0 Å². The van der Waals surface area contributed by atoms with Gasteiger partial charge in [-0.2, -0.15) is 0 Å². The van der Waals surface area contributed by atoms with Crippen LogP contribution in [0.25, 0.3) is 10.4 Å². The van der Waals surface area contributed by atoms with Gasteiger partial charge in [0.05, 0.1) is 12.2 Å². The average Bonchev–Trinajstić information content (AvgIpc) is 3.07. The van der Waals surface area contributed by atoms with Crippen molar-refractivity contribution in [2.45, 2.75) is 96.8 Å². The van der Waals surface area contributed by atoms with E-state index in [1.54, 1.807) is 0 Å². The highest BCUT2D eigenvalue weighted by molar-refractivity contribution is 5.66. The van der Waals surface area contributed by atoms with Crippen molar-refractivity contribution in [3.63, 3.8) is 0 Å². The highest BCUT2D eigenvalue weighted by atomic mass is 16.4. The first-order chi connectivity index (χ1) is 14.6. The summed E-state index contributed by atoms with van der Waals surface area (Å²) in [4.78, 5) is 14.1. The largest absolute Gasteiger partial charge is 0.481 e. The van der Waals surface area contributed by atoms with Gasteiger partial charge >= 0.3 is 5.97 Å². The number of fused-ring (bicyclic) bond motifs is 5. The summed E-state index contributed by atoms with van der Waals surface area (Å²) in [5.74, 6) is 0.884. The summed E-state index contributed by atoms with van der Waals surface area (Å²) in [5.41, 5.74) is 8.68. The van der Waals surface area contributed by atoms with Crippen molar-refractivity contribution in [3.8, 4) is 0 Å². The molecule has 0 aromatic carbocycles. The van der Waals surface area contributed by atoms with Gasteiger partial charge in [0, 0.05) is 17.4 Å². The van der Waals surface area contributed by atoms with E-state index in [9.17, 15) is 15.0 Å². The number of aliphatic carboxylic acids is 1. The summed E-state index contributed by atoms with van der Waals surface area (Å²) in [5, 5.41) is 36.0. The standard InChI is InChI=1S/C24H39N3O4/c1-13(4-7-21(30)31)16-5-6-17-22-18(12-20(29)24(16,17)3)23(2)9-8-15(26-27-25)10-14(23)11-19(22)28/h13-20,22,28-29H,4-12H2,1-3H3,(H,30,31)/t13-,14+,15?,16-,17+,18+,19-,20+,22+,23+,24-/m1/s1. The van der Waals surface area contributed by atoms with Crippen molar-refractivity contribution in [1.82, 2.24) is 0 Å². The van der Waals surface area contributed by atoms with Crippen LogP contribution in [0.3, 0.4) is 0 Å². The van der Waals surface area contributed by atoms with Crippen LogP contribution >= 0.6 is 0 Å². The molecule has 0 aromatic heterocycles. The van der Waals surface area contributed by atoms with Crippen molar-refractivity contribution >= 4 is 5.97 Å². The van der Waals surface area contributed by atoms with Crippen molar-refractivity contribution < 1.29 is 20.1 Å². The van der Waals surface area contributed by atoms with Crippen molar-refractivity contribution in [2.24, 2.45) is 51.5 Å². The summed E-state index contributed by atoms with van der Waals surface area (Å²) in [6, 6.07) is 0.0246. The zero-order valence-corrected chi connectivity index (χ0v) is 19.2. The van der Waals surface area contributed by atoms with E-state index in [1.807, 2.05) is 0 Å². The lowest BCUT2D eigenvalue weighted by Crippen LogP contribution is -2.62. The van der Waals surface area contributed by atoms with Gasteiger partial charge in [-0.15, -0.1) is 0 Å². The molecule has 0 amide bonds. The number of aliphatic hydroxyl groups excluding tert-OH is 2. The van der Waals surface area contributed by atoms with Crippen LogP contribution in [0.5, 0.6) is 0 Å². The molecule has 4 aliphatic carbocycles. The Labute approximate surface area is 185 Å². The van der Waals surface area contributed by atoms with E-state index in [1.165, 1.54) is 0 Å². The molecular formula is C24H39N3O4. The number of hydrogen-bond acceptors (Lipinski definition) is 4. The molecule has 0 saturated heterocycles. The molecule has 11 atom stereocenters. The van der Waals surface area contributed by atoms with Crippen LogP contribution in [-0.2, 0) is 4.79 Å². The lowest BCUT2D eigenvalue weighted by molar-refractivity contribution is -0.202. The monoisotopic (exact) mass is 433 g/mol. The molecule has 0 radical (unpaired) electrons. The summed E-state index contributed by atoms with van der Waals surface area (Å²) in [6.07, 6.45) is 6.24. The van der Waals surface area contributed by atoms with Crippen LogP contribution in [-0.4, -0.2) is 39.5 Å². The second-order valence-electron chi connectivity index (χ2n) is 11.6. The lowest BCUT2D eigenvalue weighted by atomic mass is 9.43. The highest BCUT2D eigenvalue weighted by Crippen LogP contribution is 2.68. The summed E-state index contributed by atoms with van der Waals surface area (Å²) in [7, 11) is 0. The predicted molar refractivity (Wildman–Crippen MR) is 117 cm³/mol. The van der Waals surface area contributed by atoms with Gasteiger partial charge in [0.1, 0.15) is 0 Å². The molecule has 4 aliphatic rings. The van der Waals surface area contributed by atoms with Crippen LogP contribution in [0, 0.1) is 46.3 Å². The third-order valence-electron chi connectivity index (χ3n) is 10.5. The van der Waals surface area contributed by atoms with Crippen LogP contribution < -0.4 is 0 Å². The molecule has 4 rings (SSSR count). The molecule has 7 nitrogen and oxygen atoms in total. The Kier molecular flexibility index (Phi) is 6.08. The predicted octanol–water partition coefficient (Wildman–Crippen LogP) is 4.77. The van der Waals surface area contributed by atoms with Gasteiger partial charge in [-0.1, -0.05) is 25.9 Å². The molecular weight excluding hydrogens is 394 g/mol. The quantitative estimate of drug-likeness (QED) is 0.328. The van der Waals surface area contributed by atoms with E-state index >= 15 is 0 Å². The fraction of sp³-hybridized carbons (Fsp3) is 0.958. The summed E-state index contributed by atoms with van der Waals surface area (Å²) >= 11 is 0. The van der Waals surface area contributed by atoms with E-state index in [-0.39, 0.29) is 53.1 Å². The smallest absolute Gasteiger partial charge is 0.303 e. The zero-order valence-electron chi connectivity index (χ0n) is 19.2. The fourth-order valence-corrected chi connectivity index (χ4v) is 8.86. The maximum absolute atomic E-state index is 11.5. The first-order valence-electron chi connectivity index (χ1n) is 12.2. The minimum Gasteiger partial charge on any atom is -0.481 e. The van der Waals surface area contributed by atoms with Gasteiger partial charge in [-0.3, -0.25) is 4.79 Å². The van der Waals surface area contributed by atoms with E-state index in [0.717, 1.165) is 44.9 Å². The van der Waals surface area contributed by atoms with E-state index in [2.05, 4.69) is 30.8 Å². The third kappa shape index (κ3) is 3.57. The van der Waals surface area contributed by atoms with Crippen LogP contribution in [0.15, 0.2) is 5.11 Å². The average molecular weight is 434 g/mol. The zero-order chi connectivity index (χ0) is 22.6. The second-order valence-corrected chi connectivity index (χ2v) is 11.6. The maximum atomic E-state index is 11.5. The molecule has 7 heteroatoms. The molecule has 31 heavy (non-hydrogen) atoms. The molecule has 0 aromatic rings. The molecule has 0 heterocycles. The van der Waals surface area contributed by atoms with Crippen LogP contribution in [0.1, 0.15) is 78.6 Å². The number of carboxylic acid groups (broad SMARTS) is 1. The number of azide groups is 1. The summed E-state index contributed by atoms with van der Waals surface area (Å²) < 4.78 is 0.